The third-order valence-electron chi connectivity index (χ3n) is 2.30. The number of rotatable bonds is 1. The number of nitrogens with one attached hydrogen (secondary N) is 1. The second-order valence-corrected chi connectivity index (χ2v) is 4.55. The molecule has 0 amide bonds. The van der Waals surface area contributed by atoms with E-state index in [1.807, 2.05) is 0 Å². The van der Waals surface area contributed by atoms with Gasteiger partial charge in [0.25, 0.3) is 0 Å². The maximum atomic E-state index is 3.46. The molecule has 0 saturated carbocycles. The van der Waals surface area contributed by atoms with Crippen molar-refractivity contribution < 1.29 is 0 Å². The molecule has 0 bridgehead atoms. The van der Waals surface area contributed by atoms with Crippen LogP contribution in [0.25, 0.3) is 0 Å². The first kappa shape index (κ1) is 9.03. The summed E-state index contributed by atoms with van der Waals surface area (Å²) in [6.45, 7) is 5.38. The third kappa shape index (κ3) is 1.71. The van der Waals surface area contributed by atoms with Gasteiger partial charge >= 0.3 is 0 Å². The van der Waals surface area contributed by atoms with Crippen molar-refractivity contribution in [2.45, 2.75) is 26.4 Å². The summed E-state index contributed by atoms with van der Waals surface area (Å²) in [7, 11) is 0. The maximum absolute atomic E-state index is 3.46. The van der Waals surface area contributed by atoms with Crippen molar-refractivity contribution >= 4 is 21.6 Å². The number of nitrogens with zero attached hydrogens (tertiary/aromatic N) is 1. The van der Waals surface area contributed by atoms with Crippen molar-refractivity contribution in [2.75, 3.05) is 5.43 Å². The second-order valence-electron chi connectivity index (χ2n) is 3.63. The highest BCUT2D eigenvalue weighted by atomic mass is 79.9. The van der Waals surface area contributed by atoms with E-state index in [1.54, 1.807) is 0 Å². The minimum absolute atomic E-state index is 0.533. The number of fused-ring (bicyclic) bond motifs is 1. The lowest BCUT2D eigenvalue weighted by molar-refractivity contribution is 0.279. The molecule has 0 aromatic heterocycles. The van der Waals surface area contributed by atoms with Crippen LogP contribution in [0, 0.1) is 0 Å². The van der Waals surface area contributed by atoms with Crippen LogP contribution in [-0.2, 0) is 6.54 Å². The molecule has 3 heteroatoms. The Bertz CT molecular complexity index is 323. The number of hydrogen-bond acceptors (Lipinski definition) is 2. The Balaban J connectivity index is 2.25. The molecule has 13 heavy (non-hydrogen) atoms. The van der Waals surface area contributed by atoms with Gasteiger partial charge in [0, 0.05) is 17.1 Å². The van der Waals surface area contributed by atoms with Crippen molar-refractivity contribution in [2.24, 2.45) is 0 Å². The molecule has 0 radical (unpaired) electrons. The van der Waals surface area contributed by atoms with E-state index in [2.05, 4.69) is 58.4 Å². The first-order valence-corrected chi connectivity index (χ1v) is 5.28. The summed E-state index contributed by atoms with van der Waals surface area (Å²) >= 11 is 3.46. The van der Waals surface area contributed by atoms with Gasteiger partial charge in [-0.3, -0.25) is 0 Å². The van der Waals surface area contributed by atoms with Crippen LogP contribution in [0.1, 0.15) is 19.4 Å². The molecule has 2 nitrogen and oxygen atoms in total. The van der Waals surface area contributed by atoms with Crippen LogP contribution >= 0.6 is 15.9 Å². The topological polar surface area (TPSA) is 15.3 Å². The summed E-state index contributed by atoms with van der Waals surface area (Å²) in [6, 6.07) is 6.91. The fourth-order valence-electron chi connectivity index (χ4n) is 1.48. The van der Waals surface area contributed by atoms with Crippen LogP contribution in [-0.4, -0.2) is 11.1 Å². The van der Waals surface area contributed by atoms with E-state index in [0.29, 0.717) is 6.04 Å². The molecule has 0 aliphatic carbocycles. The Kier molecular flexibility index (Phi) is 2.30. The molecule has 1 aromatic rings. The smallest absolute Gasteiger partial charge is 0.0547 e. The quantitative estimate of drug-likeness (QED) is 0.813. The van der Waals surface area contributed by atoms with E-state index >= 15 is 0 Å². The minimum Gasteiger partial charge on any atom is -0.318 e. The van der Waals surface area contributed by atoms with Gasteiger partial charge in [0.05, 0.1) is 5.69 Å². The first-order chi connectivity index (χ1) is 6.16. The molecule has 0 fully saturated rings. The third-order valence-corrected chi connectivity index (χ3v) is 2.79. The second kappa shape index (κ2) is 3.31. The summed E-state index contributed by atoms with van der Waals surface area (Å²) in [5, 5.41) is 2.23. The average Bonchev–Trinajstić information content (AvgIpc) is 2.46. The molecule has 1 heterocycles. The number of benzene rings is 1. The van der Waals surface area contributed by atoms with E-state index in [9.17, 15) is 0 Å². The molecule has 0 atom stereocenters. The molecule has 1 aliphatic heterocycles. The zero-order valence-corrected chi connectivity index (χ0v) is 9.43. The largest absolute Gasteiger partial charge is 0.318 e. The van der Waals surface area contributed by atoms with Crippen LogP contribution in [0.5, 0.6) is 0 Å². The van der Waals surface area contributed by atoms with Crippen LogP contribution < -0.4 is 5.43 Å². The fraction of sp³-hybridized carbons (Fsp3) is 0.400. The van der Waals surface area contributed by atoms with Crippen molar-refractivity contribution in [1.29, 1.82) is 0 Å². The van der Waals surface area contributed by atoms with Gasteiger partial charge in [0.1, 0.15) is 0 Å². The van der Waals surface area contributed by atoms with E-state index in [-0.39, 0.29) is 0 Å². The Morgan fingerprint density at radius 2 is 2.23 bits per heavy atom. The monoisotopic (exact) mass is 240 g/mol. The van der Waals surface area contributed by atoms with Crippen LogP contribution in [0.2, 0.25) is 0 Å². The summed E-state index contributed by atoms with van der Waals surface area (Å²) in [5.74, 6) is 0. The molecule has 1 N–H and O–H groups in total. The summed E-state index contributed by atoms with van der Waals surface area (Å²) < 4.78 is 1.13. The highest BCUT2D eigenvalue weighted by molar-refractivity contribution is 9.10. The summed E-state index contributed by atoms with van der Waals surface area (Å²) in [4.78, 5) is 0. The Hall–Kier alpha value is -0.540. The van der Waals surface area contributed by atoms with E-state index in [4.69, 9.17) is 0 Å². The summed E-state index contributed by atoms with van der Waals surface area (Å²) in [6.07, 6.45) is 0. The Morgan fingerprint density at radius 1 is 1.46 bits per heavy atom. The predicted molar refractivity (Wildman–Crippen MR) is 58.4 cm³/mol. The van der Waals surface area contributed by atoms with Gasteiger partial charge in [-0.15, -0.1) is 0 Å². The average molecular weight is 241 g/mol. The number of hydrogen-bond donors (Lipinski definition) is 1. The van der Waals surface area contributed by atoms with Crippen molar-refractivity contribution in [3.05, 3.63) is 28.2 Å². The normalized spacial score (nSPS) is 16.0. The molecule has 0 unspecified atom stereocenters. The molecule has 2 rings (SSSR count). The van der Waals surface area contributed by atoms with Crippen molar-refractivity contribution in [3.8, 4) is 0 Å². The molecular weight excluding hydrogens is 228 g/mol. The first-order valence-electron chi connectivity index (χ1n) is 4.48. The maximum Gasteiger partial charge on any atom is 0.0547 e. The Labute approximate surface area is 87.0 Å². The molecule has 1 aromatic carbocycles. The summed E-state index contributed by atoms with van der Waals surface area (Å²) in [5.41, 5.74) is 5.98. The highest BCUT2D eigenvalue weighted by Crippen LogP contribution is 2.28. The highest BCUT2D eigenvalue weighted by Gasteiger charge is 2.19. The molecule has 0 spiro atoms. The molecule has 0 saturated heterocycles. The van der Waals surface area contributed by atoms with Crippen LogP contribution in [0.15, 0.2) is 22.7 Å². The van der Waals surface area contributed by atoms with Gasteiger partial charge in [-0.1, -0.05) is 22.0 Å². The fourth-order valence-corrected chi connectivity index (χ4v) is 1.84. The van der Waals surface area contributed by atoms with E-state index in [0.717, 1.165) is 11.0 Å². The van der Waals surface area contributed by atoms with Crippen LogP contribution in [0.4, 0.5) is 5.69 Å². The van der Waals surface area contributed by atoms with Crippen molar-refractivity contribution in [1.82, 2.24) is 5.01 Å². The standard InChI is InChI=1S/C10H13BrN2/c1-7(2)13-6-8-3-4-9(11)5-10(8)12-13/h3-5,7,12H,6H2,1-2H3. The van der Waals surface area contributed by atoms with Gasteiger partial charge in [-0.05, 0) is 31.5 Å². The van der Waals surface area contributed by atoms with Gasteiger partial charge in [-0.2, -0.15) is 0 Å². The van der Waals surface area contributed by atoms with Gasteiger partial charge in [0.15, 0.2) is 0 Å². The lowest BCUT2D eigenvalue weighted by Crippen LogP contribution is -2.30. The lowest BCUT2D eigenvalue weighted by Gasteiger charge is -2.20. The SMILES string of the molecule is CC(C)N1Cc2ccc(Br)cc2N1. The zero-order chi connectivity index (χ0) is 9.42. The number of halogens is 1. The van der Waals surface area contributed by atoms with Gasteiger partial charge < -0.3 is 5.43 Å². The van der Waals surface area contributed by atoms with Gasteiger partial charge in [0.2, 0.25) is 0 Å². The number of hydrazine groups is 1. The van der Waals surface area contributed by atoms with Crippen LogP contribution in [0.3, 0.4) is 0 Å². The predicted octanol–water partition coefficient (Wildman–Crippen LogP) is 3.00. The number of anilines is 1. The van der Waals surface area contributed by atoms with Crippen molar-refractivity contribution in [3.63, 3.8) is 0 Å². The minimum atomic E-state index is 0.533. The molecule has 1 aliphatic rings. The molecule has 70 valence electrons. The van der Waals surface area contributed by atoms with E-state index < -0.39 is 0 Å². The Morgan fingerprint density at radius 3 is 2.92 bits per heavy atom. The van der Waals surface area contributed by atoms with E-state index in [1.165, 1.54) is 11.3 Å². The van der Waals surface area contributed by atoms with Gasteiger partial charge in [-0.25, -0.2) is 5.01 Å². The lowest BCUT2D eigenvalue weighted by atomic mass is 10.2. The zero-order valence-electron chi connectivity index (χ0n) is 7.84. The molecular formula is C10H13BrN2.